The van der Waals surface area contributed by atoms with Crippen LogP contribution in [-0.4, -0.2) is 5.12 Å². The number of benzene rings is 1. The molecule has 0 aromatic heterocycles. The Bertz CT molecular complexity index is 282. The van der Waals surface area contributed by atoms with Gasteiger partial charge in [0.25, 0.3) is 0 Å². The minimum atomic E-state index is 0.0171. The first-order valence-electron chi connectivity index (χ1n) is 5.00. The topological polar surface area (TPSA) is 17.1 Å². The first-order chi connectivity index (χ1) is 6.74. The summed E-state index contributed by atoms with van der Waals surface area (Å²) in [5.74, 6) is 0.110. The lowest BCUT2D eigenvalue weighted by atomic mass is 9.98. The number of aryl methyl sites for hydroxylation is 1. The molecule has 1 atom stereocenters. The van der Waals surface area contributed by atoms with E-state index in [0.717, 1.165) is 19.3 Å². The summed E-state index contributed by atoms with van der Waals surface area (Å²) in [4.78, 5) is 11.1. The number of thiol groups is 1. The third kappa shape index (κ3) is 3.54. The standard InChI is InChI=1S/C12H16OS/c1-2-11(12(13)14)9-8-10-6-4-3-5-7-10/h3-7,11H,2,8-9H2,1H3,(H,13,14). The van der Waals surface area contributed by atoms with Crippen LogP contribution in [0.1, 0.15) is 25.3 Å². The summed E-state index contributed by atoms with van der Waals surface area (Å²) in [6.45, 7) is 2.03. The Morgan fingerprint density at radius 2 is 2.00 bits per heavy atom. The highest BCUT2D eigenvalue weighted by molar-refractivity contribution is 7.96. The molecule has 0 amide bonds. The van der Waals surface area contributed by atoms with Crippen LogP contribution in [-0.2, 0) is 11.2 Å². The molecule has 0 aliphatic rings. The second kappa shape index (κ2) is 5.86. The van der Waals surface area contributed by atoms with Crippen LogP contribution in [0.4, 0.5) is 0 Å². The molecule has 1 aromatic carbocycles. The number of rotatable bonds is 5. The largest absolute Gasteiger partial charge is 0.287 e. The average molecular weight is 208 g/mol. The lowest BCUT2D eigenvalue weighted by Gasteiger charge is -2.09. The molecule has 2 heteroatoms. The van der Waals surface area contributed by atoms with Gasteiger partial charge in [-0.25, -0.2) is 0 Å². The van der Waals surface area contributed by atoms with Gasteiger partial charge in [-0.3, -0.25) is 4.79 Å². The summed E-state index contributed by atoms with van der Waals surface area (Å²) in [6, 6.07) is 10.2. The Morgan fingerprint density at radius 1 is 1.36 bits per heavy atom. The third-order valence-corrected chi connectivity index (χ3v) is 2.83. The molecule has 1 aromatic rings. The van der Waals surface area contributed by atoms with Crippen molar-refractivity contribution in [1.29, 1.82) is 0 Å². The molecule has 0 saturated carbocycles. The van der Waals surface area contributed by atoms with E-state index in [0.29, 0.717) is 0 Å². The average Bonchev–Trinajstić information content (AvgIpc) is 2.20. The monoisotopic (exact) mass is 208 g/mol. The van der Waals surface area contributed by atoms with Crippen LogP contribution in [0.3, 0.4) is 0 Å². The molecule has 0 fully saturated rings. The lowest BCUT2D eigenvalue weighted by molar-refractivity contribution is -0.114. The van der Waals surface area contributed by atoms with E-state index in [1.54, 1.807) is 0 Å². The first-order valence-corrected chi connectivity index (χ1v) is 5.45. The van der Waals surface area contributed by atoms with Crippen molar-refractivity contribution in [3.8, 4) is 0 Å². The minimum Gasteiger partial charge on any atom is -0.287 e. The van der Waals surface area contributed by atoms with Crippen LogP contribution in [0.25, 0.3) is 0 Å². The van der Waals surface area contributed by atoms with Gasteiger partial charge in [0.05, 0.1) is 0 Å². The molecule has 0 bridgehead atoms. The molecule has 0 radical (unpaired) electrons. The number of carbonyl (C=O) groups excluding carboxylic acids is 1. The van der Waals surface area contributed by atoms with Gasteiger partial charge in [-0.1, -0.05) is 37.3 Å². The summed E-state index contributed by atoms with van der Waals surface area (Å²) >= 11 is 3.88. The molecular formula is C12H16OS. The second-order valence-electron chi connectivity index (χ2n) is 3.47. The fraction of sp³-hybridized carbons (Fsp3) is 0.417. The molecule has 0 N–H and O–H groups in total. The van der Waals surface area contributed by atoms with Gasteiger partial charge in [0.1, 0.15) is 0 Å². The highest BCUT2D eigenvalue weighted by atomic mass is 32.1. The number of hydrogen-bond donors (Lipinski definition) is 1. The molecule has 0 saturated heterocycles. The predicted octanol–water partition coefficient (Wildman–Crippen LogP) is 3.10. The Kier molecular flexibility index (Phi) is 4.74. The highest BCUT2D eigenvalue weighted by Crippen LogP contribution is 2.15. The normalized spacial score (nSPS) is 12.4. The van der Waals surface area contributed by atoms with E-state index in [-0.39, 0.29) is 11.0 Å². The van der Waals surface area contributed by atoms with Gasteiger partial charge in [0, 0.05) is 5.92 Å². The number of carbonyl (C=O) groups is 1. The second-order valence-corrected chi connectivity index (χ2v) is 3.91. The van der Waals surface area contributed by atoms with Gasteiger partial charge >= 0.3 is 0 Å². The Morgan fingerprint density at radius 3 is 2.50 bits per heavy atom. The Hall–Kier alpha value is -0.760. The molecule has 14 heavy (non-hydrogen) atoms. The molecule has 1 unspecified atom stereocenters. The van der Waals surface area contributed by atoms with Crippen molar-refractivity contribution in [2.45, 2.75) is 26.2 Å². The maximum absolute atomic E-state index is 11.1. The van der Waals surface area contributed by atoms with Crippen LogP contribution < -0.4 is 0 Å². The molecular weight excluding hydrogens is 192 g/mol. The van der Waals surface area contributed by atoms with Gasteiger partial charge in [-0.15, -0.1) is 12.6 Å². The summed E-state index contributed by atoms with van der Waals surface area (Å²) in [5.41, 5.74) is 1.29. The van der Waals surface area contributed by atoms with Crippen LogP contribution in [0.5, 0.6) is 0 Å². The van der Waals surface area contributed by atoms with E-state index < -0.39 is 0 Å². The van der Waals surface area contributed by atoms with Crippen molar-refractivity contribution in [3.63, 3.8) is 0 Å². The summed E-state index contributed by atoms with van der Waals surface area (Å²) in [7, 11) is 0. The van der Waals surface area contributed by atoms with Crippen LogP contribution in [0, 0.1) is 5.92 Å². The van der Waals surface area contributed by atoms with E-state index in [1.807, 2.05) is 25.1 Å². The van der Waals surface area contributed by atoms with Gasteiger partial charge in [0.2, 0.25) is 0 Å². The molecule has 1 rings (SSSR count). The Labute approximate surface area is 90.9 Å². The van der Waals surface area contributed by atoms with E-state index in [4.69, 9.17) is 0 Å². The van der Waals surface area contributed by atoms with E-state index in [2.05, 4.69) is 24.8 Å². The van der Waals surface area contributed by atoms with E-state index in [1.165, 1.54) is 5.56 Å². The van der Waals surface area contributed by atoms with Gasteiger partial charge in [-0.2, -0.15) is 0 Å². The minimum absolute atomic E-state index is 0.0171. The van der Waals surface area contributed by atoms with E-state index in [9.17, 15) is 4.79 Å². The molecule has 0 aliphatic carbocycles. The molecule has 0 aliphatic heterocycles. The SMILES string of the molecule is CCC(CCc1ccccc1)C(=O)S. The molecule has 0 spiro atoms. The van der Waals surface area contributed by atoms with E-state index >= 15 is 0 Å². The maximum atomic E-state index is 11.1. The van der Waals surface area contributed by atoms with Crippen LogP contribution >= 0.6 is 12.6 Å². The van der Waals surface area contributed by atoms with Crippen molar-refractivity contribution < 1.29 is 4.79 Å². The zero-order chi connectivity index (χ0) is 10.4. The van der Waals surface area contributed by atoms with Crippen LogP contribution in [0.2, 0.25) is 0 Å². The van der Waals surface area contributed by atoms with Crippen molar-refractivity contribution in [1.82, 2.24) is 0 Å². The highest BCUT2D eigenvalue weighted by Gasteiger charge is 2.11. The van der Waals surface area contributed by atoms with Gasteiger partial charge in [-0.05, 0) is 24.8 Å². The van der Waals surface area contributed by atoms with Crippen molar-refractivity contribution in [3.05, 3.63) is 35.9 Å². The molecule has 0 heterocycles. The van der Waals surface area contributed by atoms with Crippen LogP contribution in [0.15, 0.2) is 30.3 Å². The number of hydrogen-bond acceptors (Lipinski definition) is 1. The van der Waals surface area contributed by atoms with Crippen molar-refractivity contribution >= 4 is 17.7 Å². The zero-order valence-electron chi connectivity index (χ0n) is 8.44. The maximum Gasteiger partial charge on any atom is 0.188 e. The third-order valence-electron chi connectivity index (χ3n) is 2.47. The van der Waals surface area contributed by atoms with Gasteiger partial charge < -0.3 is 0 Å². The summed E-state index contributed by atoms with van der Waals surface area (Å²) in [6.07, 6.45) is 2.75. The van der Waals surface area contributed by atoms with Crippen molar-refractivity contribution in [2.75, 3.05) is 0 Å². The lowest BCUT2D eigenvalue weighted by Crippen LogP contribution is -2.08. The quantitative estimate of drug-likeness (QED) is 0.736. The summed E-state index contributed by atoms with van der Waals surface area (Å²) in [5, 5.41) is 0.0171. The smallest absolute Gasteiger partial charge is 0.188 e. The fourth-order valence-electron chi connectivity index (χ4n) is 1.49. The zero-order valence-corrected chi connectivity index (χ0v) is 9.34. The first kappa shape index (κ1) is 11.3. The predicted molar refractivity (Wildman–Crippen MR) is 62.5 cm³/mol. The van der Waals surface area contributed by atoms with Gasteiger partial charge in [0.15, 0.2) is 5.12 Å². The van der Waals surface area contributed by atoms with Crippen molar-refractivity contribution in [2.24, 2.45) is 5.92 Å². The fourth-order valence-corrected chi connectivity index (χ4v) is 1.80. The Balaban J connectivity index is 2.44. The molecule has 1 nitrogen and oxygen atoms in total. The molecule has 76 valence electrons. The summed E-state index contributed by atoms with van der Waals surface area (Å²) < 4.78 is 0.